The maximum atomic E-state index is 4.90. The maximum Gasteiger partial charge on any atom is 0.0949 e. The molecule has 3 rings (SSSR count). The van der Waals surface area contributed by atoms with Crippen LogP contribution in [0.15, 0.2) is 54.6 Å². The van der Waals surface area contributed by atoms with E-state index in [9.17, 15) is 0 Å². The molecule has 1 aromatic rings. The molecular weight excluding hydrogens is 236 g/mol. The summed E-state index contributed by atoms with van der Waals surface area (Å²) >= 11 is 0. The van der Waals surface area contributed by atoms with Crippen molar-refractivity contribution in [1.29, 1.82) is 0 Å². The van der Waals surface area contributed by atoms with Crippen molar-refractivity contribution in [1.82, 2.24) is 5.59 Å². The third-order valence-electron chi connectivity index (χ3n) is 2.38. The quantitative estimate of drug-likeness (QED) is 0.555. The minimum absolute atomic E-state index is 0. The zero-order valence-electron chi connectivity index (χ0n) is 9.30. The number of rotatable bonds is 3. The van der Waals surface area contributed by atoms with E-state index in [0.29, 0.717) is 6.61 Å². The van der Waals surface area contributed by atoms with E-state index in [1.165, 1.54) is 11.1 Å². The molecule has 0 saturated heterocycles. The molecule has 0 spiro atoms. The summed E-state index contributed by atoms with van der Waals surface area (Å²) in [5.41, 5.74) is 6.07. The normalized spacial score (nSPS) is 9.71. The van der Waals surface area contributed by atoms with Gasteiger partial charge in [0.05, 0.1) is 6.61 Å². The number of hydrogen-bond donors (Lipinski definition) is 2. The molecule has 0 unspecified atom stereocenters. The van der Waals surface area contributed by atoms with Crippen molar-refractivity contribution in [3.63, 3.8) is 0 Å². The molecule has 0 radical (unpaired) electrons. The molecule has 17 heavy (non-hydrogen) atoms. The summed E-state index contributed by atoms with van der Waals surface area (Å²) in [5, 5.41) is 0. The topological polar surface area (TPSA) is 47.3 Å². The molecule has 0 saturated carbocycles. The van der Waals surface area contributed by atoms with Crippen LogP contribution in [0.4, 0.5) is 0 Å². The lowest BCUT2D eigenvalue weighted by Gasteiger charge is -2.10. The van der Waals surface area contributed by atoms with Crippen LogP contribution in [0.3, 0.4) is 0 Å². The highest BCUT2D eigenvalue weighted by Crippen LogP contribution is 2.29. The summed E-state index contributed by atoms with van der Waals surface area (Å²) in [6.07, 6.45) is 0. The highest BCUT2D eigenvalue weighted by molar-refractivity contribution is 5.85. The summed E-state index contributed by atoms with van der Waals surface area (Å²) in [7, 11) is 0. The fraction of sp³-hybridized carbons (Fsp3) is 0.0769. The van der Waals surface area contributed by atoms with Crippen molar-refractivity contribution in [3.05, 3.63) is 60.2 Å². The molecule has 2 aliphatic carbocycles. The highest BCUT2D eigenvalue weighted by Gasteiger charge is 2.03. The van der Waals surface area contributed by atoms with Gasteiger partial charge in [0, 0.05) is 0 Å². The average Bonchev–Trinajstić information content (AvgIpc) is 2.33. The second-order valence-corrected chi connectivity index (χ2v) is 3.47. The minimum atomic E-state index is 0. The predicted molar refractivity (Wildman–Crippen MR) is 71.2 cm³/mol. The van der Waals surface area contributed by atoms with Gasteiger partial charge in [-0.3, -0.25) is 4.84 Å². The molecule has 4 heteroatoms. The van der Waals surface area contributed by atoms with Gasteiger partial charge in [-0.15, -0.1) is 18.0 Å². The third-order valence-corrected chi connectivity index (χ3v) is 2.38. The van der Waals surface area contributed by atoms with Crippen LogP contribution in [0.25, 0.3) is 11.1 Å². The number of halogens is 1. The van der Waals surface area contributed by atoms with Crippen LogP contribution < -0.4 is 11.4 Å². The van der Waals surface area contributed by atoms with E-state index in [4.69, 9.17) is 10.7 Å². The fourth-order valence-electron chi connectivity index (χ4n) is 1.36. The smallest absolute Gasteiger partial charge is 0.0949 e. The Morgan fingerprint density at radius 2 is 1.41 bits per heavy atom. The van der Waals surface area contributed by atoms with E-state index in [0.717, 1.165) is 5.56 Å². The summed E-state index contributed by atoms with van der Waals surface area (Å²) < 4.78 is 0. The van der Waals surface area contributed by atoms with Crippen LogP contribution in [0.1, 0.15) is 5.56 Å². The van der Waals surface area contributed by atoms with Gasteiger partial charge >= 0.3 is 0 Å². The third kappa shape index (κ3) is 3.84. The number of fused-ring (bicyclic) bond motifs is 1. The average molecular weight is 251 g/mol. The molecule has 3 nitrogen and oxygen atoms in total. The first-order chi connectivity index (χ1) is 7.90. The zero-order valence-corrected chi connectivity index (χ0v) is 10.1. The lowest BCUT2D eigenvalue weighted by atomic mass is 9.95. The van der Waals surface area contributed by atoms with Crippen molar-refractivity contribution < 1.29 is 4.84 Å². The Hall–Kier alpha value is -1.39. The molecule has 0 heterocycles. The number of nitrogens with one attached hydrogen (secondary N) is 1. The molecule has 3 N–H and O–H groups in total. The monoisotopic (exact) mass is 250 g/mol. The van der Waals surface area contributed by atoms with Gasteiger partial charge in [0.2, 0.25) is 0 Å². The van der Waals surface area contributed by atoms with Gasteiger partial charge in [-0.1, -0.05) is 54.6 Å². The van der Waals surface area contributed by atoms with Gasteiger partial charge in [0.15, 0.2) is 0 Å². The lowest BCUT2D eigenvalue weighted by molar-refractivity contribution is 0.0279. The van der Waals surface area contributed by atoms with Crippen molar-refractivity contribution in [2.45, 2.75) is 6.61 Å². The van der Waals surface area contributed by atoms with Crippen molar-refractivity contribution in [2.75, 3.05) is 0 Å². The Morgan fingerprint density at radius 1 is 0.882 bits per heavy atom. The molecule has 0 aliphatic heterocycles. The van der Waals surface area contributed by atoms with E-state index in [2.05, 4.69) is 29.9 Å². The highest BCUT2D eigenvalue weighted by atomic mass is 35.5. The molecular formula is C13H15ClN2O. The van der Waals surface area contributed by atoms with Crippen LogP contribution in [0, 0.1) is 0 Å². The molecule has 90 valence electrons. The van der Waals surface area contributed by atoms with Gasteiger partial charge in [0.25, 0.3) is 0 Å². The Bertz CT molecular complexity index is 410. The first kappa shape index (κ1) is 13.7. The van der Waals surface area contributed by atoms with Gasteiger partial charge in [-0.2, -0.15) is 0 Å². The Labute approximate surface area is 107 Å². The van der Waals surface area contributed by atoms with E-state index in [-0.39, 0.29) is 12.4 Å². The Morgan fingerprint density at radius 3 is 1.76 bits per heavy atom. The largest absolute Gasteiger partial charge is 0.282 e. The predicted octanol–water partition coefficient (Wildman–Crippen LogP) is 2.67. The minimum Gasteiger partial charge on any atom is -0.282 e. The fourth-order valence-corrected chi connectivity index (χ4v) is 1.36. The van der Waals surface area contributed by atoms with E-state index < -0.39 is 0 Å². The first-order valence-electron chi connectivity index (χ1n) is 5.12. The second kappa shape index (κ2) is 7.04. The SMILES string of the molecule is Cl.NNOCc1ccccc1.c1cc2ccc1-2. The van der Waals surface area contributed by atoms with Crippen LogP contribution in [0.2, 0.25) is 0 Å². The van der Waals surface area contributed by atoms with Crippen LogP contribution in [-0.2, 0) is 11.4 Å². The zero-order chi connectivity index (χ0) is 11.2. The molecule has 0 amide bonds. The first-order valence-corrected chi connectivity index (χ1v) is 5.12. The standard InChI is InChI=1S/C7H10N2O.C6H4.ClH/c8-9-10-6-7-4-2-1-3-5-7;1-2-6-4-3-5(1)6;/h1-5,9H,6,8H2;1-4H;1H. The molecule has 2 aliphatic rings. The summed E-state index contributed by atoms with van der Waals surface area (Å²) in [5.74, 6) is 4.90. The number of hydrazine groups is 1. The molecule has 0 aromatic heterocycles. The van der Waals surface area contributed by atoms with Crippen molar-refractivity contribution in [3.8, 4) is 11.1 Å². The molecule has 1 aromatic carbocycles. The molecule has 0 bridgehead atoms. The summed E-state index contributed by atoms with van der Waals surface area (Å²) in [4.78, 5) is 4.75. The van der Waals surface area contributed by atoms with Crippen molar-refractivity contribution >= 4 is 12.4 Å². The van der Waals surface area contributed by atoms with Crippen molar-refractivity contribution in [2.24, 2.45) is 5.84 Å². The molecule has 0 atom stereocenters. The summed E-state index contributed by atoms with van der Waals surface area (Å²) in [6.45, 7) is 0.497. The van der Waals surface area contributed by atoms with Gasteiger partial charge < -0.3 is 0 Å². The van der Waals surface area contributed by atoms with Crippen LogP contribution >= 0.6 is 12.4 Å². The Kier molecular flexibility index (Phi) is 5.66. The number of hydrogen-bond acceptors (Lipinski definition) is 3. The maximum absolute atomic E-state index is 4.90. The van der Waals surface area contributed by atoms with Crippen LogP contribution in [-0.4, -0.2) is 0 Å². The van der Waals surface area contributed by atoms with E-state index in [1.807, 2.05) is 30.3 Å². The van der Waals surface area contributed by atoms with E-state index >= 15 is 0 Å². The lowest BCUT2D eigenvalue weighted by Crippen LogP contribution is -2.21. The van der Waals surface area contributed by atoms with Gasteiger partial charge in [-0.25, -0.2) is 5.84 Å². The Balaban J connectivity index is 0.000000176. The second-order valence-electron chi connectivity index (χ2n) is 3.47. The van der Waals surface area contributed by atoms with Gasteiger partial charge in [-0.05, 0) is 16.7 Å². The summed E-state index contributed by atoms with van der Waals surface area (Å²) in [6, 6.07) is 18.3. The number of benzene rings is 2. The van der Waals surface area contributed by atoms with Crippen LogP contribution in [0.5, 0.6) is 0 Å². The number of nitrogens with two attached hydrogens (primary N) is 1. The van der Waals surface area contributed by atoms with E-state index in [1.54, 1.807) is 0 Å². The van der Waals surface area contributed by atoms with Gasteiger partial charge in [0.1, 0.15) is 0 Å². The molecule has 0 fully saturated rings.